The van der Waals surface area contributed by atoms with E-state index in [-0.39, 0.29) is 5.75 Å². The van der Waals surface area contributed by atoms with Crippen LogP contribution in [-0.4, -0.2) is 13.2 Å². The molecule has 0 unspecified atom stereocenters. The molecule has 0 heterocycles. The SMILES string of the molecule is COc1c(F)ccc(C)c1C1(N=C=O)CCC1. The highest BCUT2D eigenvalue weighted by molar-refractivity contribution is 5.49. The van der Waals surface area contributed by atoms with Crippen LogP contribution >= 0.6 is 0 Å². The molecular weight excluding hydrogens is 221 g/mol. The van der Waals surface area contributed by atoms with Crippen molar-refractivity contribution in [2.75, 3.05) is 7.11 Å². The second-order valence-corrected chi connectivity index (χ2v) is 4.36. The van der Waals surface area contributed by atoms with Crippen LogP contribution in [0.25, 0.3) is 0 Å². The molecule has 1 saturated carbocycles. The summed E-state index contributed by atoms with van der Waals surface area (Å²) in [5.74, 6) is -0.218. The van der Waals surface area contributed by atoms with E-state index in [4.69, 9.17) is 4.74 Å². The van der Waals surface area contributed by atoms with Gasteiger partial charge in [-0.15, -0.1) is 0 Å². The average Bonchev–Trinajstić information content (AvgIpc) is 2.27. The summed E-state index contributed by atoms with van der Waals surface area (Å²) in [6, 6.07) is 3.06. The zero-order chi connectivity index (χ0) is 12.5. The molecule has 0 N–H and O–H groups in total. The van der Waals surface area contributed by atoms with E-state index in [0.717, 1.165) is 24.8 Å². The van der Waals surface area contributed by atoms with E-state index in [1.807, 2.05) is 6.92 Å². The second-order valence-electron chi connectivity index (χ2n) is 4.36. The lowest BCUT2D eigenvalue weighted by Crippen LogP contribution is -2.33. The van der Waals surface area contributed by atoms with Crippen molar-refractivity contribution in [3.63, 3.8) is 0 Å². The van der Waals surface area contributed by atoms with E-state index in [1.165, 1.54) is 13.2 Å². The Bertz CT molecular complexity index is 488. The van der Waals surface area contributed by atoms with Gasteiger partial charge in [0.15, 0.2) is 11.6 Å². The van der Waals surface area contributed by atoms with Crippen LogP contribution in [0, 0.1) is 12.7 Å². The van der Waals surface area contributed by atoms with Crippen LogP contribution in [0.4, 0.5) is 4.39 Å². The van der Waals surface area contributed by atoms with Crippen LogP contribution in [0.2, 0.25) is 0 Å². The highest BCUT2D eigenvalue weighted by atomic mass is 19.1. The Morgan fingerprint density at radius 2 is 2.18 bits per heavy atom. The van der Waals surface area contributed by atoms with Gasteiger partial charge >= 0.3 is 0 Å². The van der Waals surface area contributed by atoms with E-state index in [2.05, 4.69) is 4.99 Å². The molecule has 4 heteroatoms. The number of methoxy groups -OCH3 is 1. The van der Waals surface area contributed by atoms with Gasteiger partial charge in [-0.3, -0.25) is 0 Å². The number of halogens is 1. The zero-order valence-electron chi connectivity index (χ0n) is 9.92. The fourth-order valence-electron chi connectivity index (χ4n) is 2.45. The highest BCUT2D eigenvalue weighted by Crippen LogP contribution is 2.49. The van der Waals surface area contributed by atoms with Crippen LogP contribution in [0.3, 0.4) is 0 Å². The van der Waals surface area contributed by atoms with E-state index >= 15 is 0 Å². The summed E-state index contributed by atoms with van der Waals surface area (Å²) in [5, 5.41) is 0. The van der Waals surface area contributed by atoms with Crippen LogP contribution in [-0.2, 0) is 10.3 Å². The van der Waals surface area contributed by atoms with Gasteiger partial charge in [0.25, 0.3) is 0 Å². The van der Waals surface area contributed by atoms with Gasteiger partial charge in [0, 0.05) is 5.56 Å². The Labute approximate surface area is 99.3 Å². The first-order chi connectivity index (χ1) is 8.14. The predicted molar refractivity (Wildman–Crippen MR) is 61.3 cm³/mol. The molecule has 1 fully saturated rings. The molecule has 1 aromatic carbocycles. The van der Waals surface area contributed by atoms with E-state index in [1.54, 1.807) is 12.1 Å². The van der Waals surface area contributed by atoms with Crippen molar-refractivity contribution in [1.29, 1.82) is 0 Å². The van der Waals surface area contributed by atoms with Gasteiger partial charge in [0.2, 0.25) is 6.08 Å². The van der Waals surface area contributed by atoms with Crippen LogP contribution in [0.1, 0.15) is 30.4 Å². The standard InChI is InChI=1S/C13H14FNO2/c1-9-4-5-10(14)12(17-2)11(9)13(15-8-16)6-3-7-13/h4-5H,3,6-7H2,1-2H3. The molecule has 17 heavy (non-hydrogen) atoms. The fourth-order valence-corrected chi connectivity index (χ4v) is 2.45. The molecule has 0 aromatic heterocycles. The summed E-state index contributed by atoms with van der Waals surface area (Å²) in [6.45, 7) is 1.87. The molecule has 0 aliphatic heterocycles. The summed E-state index contributed by atoms with van der Waals surface area (Å²) in [7, 11) is 1.43. The molecule has 0 bridgehead atoms. The second kappa shape index (κ2) is 4.30. The first kappa shape index (κ1) is 11.8. The molecule has 0 amide bonds. The number of benzene rings is 1. The van der Waals surface area contributed by atoms with Crippen LogP contribution in [0.15, 0.2) is 17.1 Å². The fraction of sp³-hybridized carbons (Fsp3) is 0.462. The van der Waals surface area contributed by atoms with Crippen molar-refractivity contribution >= 4 is 6.08 Å². The third-order valence-corrected chi connectivity index (χ3v) is 3.43. The average molecular weight is 235 g/mol. The van der Waals surface area contributed by atoms with Crippen LogP contribution < -0.4 is 4.74 Å². The minimum absolute atomic E-state index is 0.198. The lowest BCUT2D eigenvalue weighted by molar-refractivity contribution is 0.242. The van der Waals surface area contributed by atoms with Crippen molar-refractivity contribution in [1.82, 2.24) is 0 Å². The number of hydrogen-bond acceptors (Lipinski definition) is 3. The van der Waals surface area contributed by atoms with Gasteiger partial charge in [-0.25, -0.2) is 9.18 Å². The first-order valence-corrected chi connectivity index (χ1v) is 5.57. The molecule has 0 atom stereocenters. The van der Waals surface area contributed by atoms with Gasteiger partial charge in [-0.2, -0.15) is 4.99 Å². The normalized spacial score (nSPS) is 16.9. The van der Waals surface area contributed by atoms with E-state index < -0.39 is 11.4 Å². The number of rotatable bonds is 3. The Kier molecular flexibility index (Phi) is 2.99. The summed E-state index contributed by atoms with van der Waals surface area (Å²) in [5.41, 5.74) is 0.954. The Hall–Kier alpha value is -1.67. The number of nitrogens with zero attached hydrogens (tertiary/aromatic N) is 1. The molecular formula is C13H14FNO2. The smallest absolute Gasteiger partial charge is 0.235 e. The number of aryl methyl sites for hydroxylation is 1. The molecule has 2 rings (SSSR count). The lowest BCUT2D eigenvalue weighted by Gasteiger charge is -2.38. The Balaban J connectivity index is 2.64. The third kappa shape index (κ3) is 1.75. The van der Waals surface area contributed by atoms with Crippen molar-refractivity contribution in [3.05, 3.63) is 29.1 Å². The largest absolute Gasteiger partial charge is 0.493 e. The molecule has 1 aromatic rings. The summed E-state index contributed by atoms with van der Waals surface area (Å²) in [4.78, 5) is 14.4. The molecule has 1 aliphatic rings. The molecule has 1 aliphatic carbocycles. The van der Waals surface area contributed by atoms with Crippen molar-refractivity contribution < 1.29 is 13.9 Å². The summed E-state index contributed by atoms with van der Waals surface area (Å²) < 4.78 is 18.8. The molecule has 0 radical (unpaired) electrons. The summed E-state index contributed by atoms with van der Waals surface area (Å²) in [6.07, 6.45) is 4.06. The Morgan fingerprint density at radius 1 is 1.47 bits per heavy atom. The van der Waals surface area contributed by atoms with Gasteiger partial charge in [0.1, 0.15) is 5.54 Å². The maximum atomic E-state index is 13.7. The van der Waals surface area contributed by atoms with Gasteiger partial charge in [-0.05, 0) is 37.8 Å². The number of aliphatic imine (C=N–C) groups is 1. The van der Waals surface area contributed by atoms with Crippen molar-refractivity contribution in [2.24, 2.45) is 4.99 Å². The number of carbonyl (C=O) groups excluding carboxylic acids is 1. The third-order valence-electron chi connectivity index (χ3n) is 3.43. The quantitative estimate of drug-likeness (QED) is 0.597. The topological polar surface area (TPSA) is 38.7 Å². The minimum atomic E-state index is -0.626. The van der Waals surface area contributed by atoms with Crippen molar-refractivity contribution in [2.45, 2.75) is 31.7 Å². The first-order valence-electron chi connectivity index (χ1n) is 5.57. The highest BCUT2D eigenvalue weighted by Gasteiger charge is 2.42. The Morgan fingerprint density at radius 3 is 2.65 bits per heavy atom. The maximum Gasteiger partial charge on any atom is 0.235 e. The number of hydrogen-bond donors (Lipinski definition) is 0. The molecule has 0 saturated heterocycles. The number of ether oxygens (including phenoxy) is 1. The predicted octanol–water partition coefficient (Wildman–Crippen LogP) is 2.86. The summed E-state index contributed by atoms with van der Waals surface area (Å²) >= 11 is 0. The van der Waals surface area contributed by atoms with Gasteiger partial charge < -0.3 is 4.74 Å². The van der Waals surface area contributed by atoms with E-state index in [0.29, 0.717) is 5.56 Å². The molecule has 90 valence electrons. The number of isocyanates is 1. The monoisotopic (exact) mass is 235 g/mol. The zero-order valence-corrected chi connectivity index (χ0v) is 9.92. The molecule has 3 nitrogen and oxygen atoms in total. The minimum Gasteiger partial charge on any atom is -0.493 e. The van der Waals surface area contributed by atoms with E-state index in [9.17, 15) is 9.18 Å². The molecule has 0 spiro atoms. The van der Waals surface area contributed by atoms with Gasteiger partial charge in [-0.1, -0.05) is 6.07 Å². The van der Waals surface area contributed by atoms with Gasteiger partial charge in [0.05, 0.1) is 7.11 Å². The maximum absolute atomic E-state index is 13.7. The van der Waals surface area contributed by atoms with Crippen LogP contribution in [0.5, 0.6) is 5.75 Å². The lowest BCUT2D eigenvalue weighted by atomic mass is 9.70. The van der Waals surface area contributed by atoms with Crippen molar-refractivity contribution in [3.8, 4) is 5.75 Å².